The van der Waals surface area contributed by atoms with Crippen LogP contribution < -0.4 is 5.32 Å². The molecule has 2 rings (SSSR count). The number of rotatable bonds is 0. The number of fused-ring (bicyclic) bond motifs is 1. The Hall–Kier alpha value is -0.0800. The first-order valence-electron chi connectivity index (χ1n) is 3.31. The van der Waals surface area contributed by atoms with Gasteiger partial charge < -0.3 is 10.2 Å². The summed E-state index contributed by atoms with van der Waals surface area (Å²) in [4.78, 5) is 2.45. The second-order valence-corrected chi connectivity index (χ2v) is 2.85. The molecule has 2 fully saturated rings. The Morgan fingerprint density at radius 3 is 2.75 bits per heavy atom. The lowest BCUT2D eigenvalue weighted by molar-refractivity contribution is 0.206. The fourth-order valence-electron chi connectivity index (χ4n) is 1.66. The van der Waals surface area contributed by atoms with E-state index in [2.05, 4.69) is 17.3 Å². The highest BCUT2D eigenvalue weighted by molar-refractivity contribution is 4.99. The first-order valence-corrected chi connectivity index (χ1v) is 3.31. The minimum atomic E-state index is 0.847. The van der Waals surface area contributed by atoms with Crippen LogP contribution in [-0.2, 0) is 0 Å². The summed E-state index contributed by atoms with van der Waals surface area (Å²) in [5.74, 6) is 0. The van der Waals surface area contributed by atoms with Gasteiger partial charge in [0, 0.05) is 18.6 Å². The minimum Gasteiger partial charge on any atom is -0.311 e. The number of likely N-dealkylation sites (tertiary alicyclic amines) is 1. The van der Waals surface area contributed by atoms with E-state index >= 15 is 0 Å². The van der Waals surface area contributed by atoms with Crippen molar-refractivity contribution in [3.63, 3.8) is 0 Å². The third-order valence-electron chi connectivity index (χ3n) is 2.41. The van der Waals surface area contributed by atoms with E-state index in [1.165, 1.54) is 19.5 Å². The average molecular weight is 112 g/mol. The first kappa shape index (κ1) is 4.77. The lowest BCUT2D eigenvalue weighted by Gasteiger charge is -2.35. The smallest absolute Gasteiger partial charge is 0.0371 e. The summed E-state index contributed by atoms with van der Waals surface area (Å²) >= 11 is 0. The zero-order valence-electron chi connectivity index (χ0n) is 5.22. The van der Waals surface area contributed by atoms with Crippen molar-refractivity contribution in [1.82, 2.24) is 10.2 Å². The van der Waals surface area contributed by atoms with Crippen molar-refractivity contribution in [2.45, 2.75) is 18.5 Å². The van der Waals surface area contributed by atoms with Crippen LogP contribution >= 0.6 is 0 Å². The maximum absolute atomic E-state index is 3.40. The van der Waals surface area contributed by atoms with Crippen molar-refractivity contribution < 1.29 is 0 Å². The second kappa shape index (κ2) is 1.45. The number of hydrogen-bond donors (Lipinski definition) is 1. The Kier molecular flexibility index (Phi) is 0.866. The van der Waals surface area contributed by atoms with Crippen molar-refractivity contribution >= 4 is 0 Å². The third-order valence-corrected chi connectivity index (χ3v) is 2.41. The van der Waals surface area contributed by atoms with Crippen LogP contribution in [0.4, 0.5) is 0 Å². The van der Waals surface area contributed by atoms with Crippen molar-refractivity contribution in [2.24, 2.45) is 0 Å². The Labute approximate surface area is 49.9 Å². The molecule has 0 amide bonds. The van der Waals surface area contributed by atoms with Crippen LogP contribution in [0.1, 0.15) is 6.42 Å². The molecule has 2 aliphatic rings. The summed E-state index contributed by atoms with van der Waals surface area (Å²) in [6.07, 6.45) is 1.36. The van der Waals surface area contributed by atoms with E-state index in [4.69, 9.17) is 0 Å². The molecular weight excluding hydrogens is 100 g/mol. The van der Waals surface area contributed by atoms with Crippen LogP contribution in [0, 0.1) is 0 Å². The van der Waals surface area contributed by atoms with Crippen LogP contribution in [0.5, 0.6) is 0 Å². The second-order valence-electron chi connectivity index (χ2n) is 2.85. The lowest BCUT2D eigenvalue weighted by Crippen LogP contribution is -2.58. The van der Waals surface area contributed by atoms with Gasteiger partial charge in [0.05, 0.1) is 0 Å². The Balaban J connectivity index is 2.05. The fourth-order valence-corrected chi connectivity index (χ4v) is 1.66. The predicted molar refractivity (Wildman–Crippen MR) is 32.8 cm³/mol. The van der Waals surface area contributed by atoms with Crippen LogP contribution in [-0.4, -0.2) is 37.1 Å². The zero-order chi connectivity index (χ0) is 5.56. The average Bonchev–Trinajstić information content (AvgIpc) is 1.80. The van der Waals surface area contributed by atoms with Gasteiger partial charge in [-0.1, -0.05) is 0 Å². The monoisotopic (exact) mass is 112 g/mol. The summed E-state index contributed by atoms with van der Waals surface area (Å²) in [5, 5.41) is 3.40. The van der Waals surface area contributed by atoms with Gasteiger partial charge in [0.15, 0.2) is 0 Å². The molecule has 0 bridgehead atoms. The summed E-state index contributed by atoms with van der Waals surface area (Å²) in [6.45, 7) is 2.52. The van der Waals surface area contributed by atoms with Crippen LogP contribution in [0.3, 0.4) is 0 Å². The molecule has 8 heavy (non-hydrogen) atoms. The lowest BCUT2D eigenvalue weighted by atomic mass is 10.0. The molecule has 2 saturated heterocycles. The normalized spacial score (nSPS) is 46.1. The van der Waals surface area contributed by atoms with Crippen molar-refractivity contribution in [1.29, 1.82) is 0 Å². The molecule has 0 aromatic heterocycles. The van der Waals surface area contributed by atoms with Crippen LogP contribution in [0.15, 0.2) is 0 Å². The van der Waals surface area contributed by atoms with E-state index < -0.39 is 0 Å². The van der Waals surface area contributed by atoms with Gasteiger partial charge in [0.1, 0.15) is 0 Å². The quantitative estimate of drug-likeness (QED) is 0.461. The van der Waals surface area contributed by atoms with Crippen molar-refractivity contribution in [3.8, 4) is 0 Å². The molecule has 2 nitrogen and oxygen atoms in total. The molecule has 2 heteroatoms. The van der Waals surface area contributed by atoms with E-state index in [0.717, 1.165) is 12.1 Å². The van der Waals surface area contributed by atoms with Crippen LogP contribution in [0.25, 0.3) is 0 Å². The summed E-state index contributed by atoms with van der Waals surface area (Å²) in [7, 11) is 2.21. The zero-order valence-corrected chi connectivity index (χ0v) is 5.22. The highest BCUT2D eigenvalue weighted by Gasteiger charge is 2.37. The number of hydrogen-bond acceptors (Lipinski definition) is 2. The molecule has 1 N–H and O–H groups in total. The van der Waals surface area contributed by atoms with Gasteiger partial charge >= 0.3 is 0 Å². The van der Waals surface area contributed by atoms with Gasteiger partial charge in [-0.05, 0) is 20.0 Å². The SMILES string of the molecule is CN1CC[C@H]2NC[C@H]21. The van der Waals surface area contributed by atoms with Crippen molar-refractivity contribution in [3.05, 3.63) is 0 Å². The Morgan fingerprint density at radius 2 is 2.50 bits per heavy atom. The Bertz CT molecular complexity index is 96.7. The van der Waals surface area contributed by atoms with Crippen molar-refractivity contribution in [2.75, 3.05) is 20.1 Å². The van der Waals surface area contributed by atoms with Crippen LogP contribution in [0.2, 0.25) is 0 Å². The summed E-state index contributed by atoms with van der Waals surface area (Å²) in [6, 6.07) is 1.73. The molecule has 0 saturated carbocycles. The predicted octanol–water partition coefficient (Wildman–Crippen LogP) is -0.338. The highest BCUT2D eigenvalue weighted by Crippen LogP contribution is 2.21. The van der Waals surface area contributed by atoms with E-state index in [0.29, 0.717) is 0 Å². The molecule has 0 aromatic rings. The molecule has 0 aromatic carbocycles. The van der Waals surface area contributed by atoms with Gasteiger partial charge in [-0.3, -0.25) is 0 Å². The van der Waals surface area contributed by atoms with Gasteiger partial charge in [-0.2, -0.15) is 0 Å². The molecule has 2 aliphatic heterocycles. The molecule has 0 aliphatic carbocycles. The molecule has 46 valence electrons. The Morgan fingerprint density at radius 1 is 1.62 bits per heavy atom. The van der Waals surface area contributed by atoms with Gasteiger partial charge in [0.2, 0.25) is 0 Å². The standard InChI is InChI=1S/C6H12N2/c1-8-3-2-5-6(8)4-7-5/h5-7H,2-4H2,1H3/t5-,6-/m1/s1. The van der Waals surface area contributed by atoms with E-state index in [1.54, 1.807) is 0 Å². The topological polar surface area (TPSA) is 15.3 Å². The highest BCUT2D eigenvalue weighted by atomic mass is 15.3. The van der Waals surface area contributed by atoms with E-state index in [1.807, 2.05) is 0 Å². The van der Waals surface area contributed by atoms with E-state index in [9.17, 15) is 0 Å². The maximum Gasteiger partial charge on any atom is 0.0371 e. The summed E-state index contributed by atoms with van der Waals surface area (Å²) in [5.41, 5.74) is 0. The largest absolute Gasteiger partial charge is 0.311 e. The third kappa shape index (κ3) is 0.446. The molecule has 2 atom stereocenters. The minimum absolute atomic E-state index is 0.847. The maximum atomic E-state index is 3.40. The molecule has 2 heterocycles. The summed E-state index contributed by atoms with van der Waals surface area (Å²) < 4.78 is 0. The van der Waals surface area contributed by atoms with E-state index in [-0.39, 0.29) is 0 Å². The van der Waals surface area contributed by atoms with Gasteiger partial charge in [0.25, 0.3) is 0 Å². The molecular formula is C6H12N2. The molecule has 0 radical (unpaired) electrons. The number of nitrogens with zero attached hydrogens (tertiary/aromatic N) is 1. The first-order chi connectivity index (χ1) is 3.88. The van der Waals surface area contributed by atoms with Gasteiger partial charge in [-0.15, -0.1) is 0 Å². The van der Waals surface area contributed by atoms with Gasteiger partial charge in [-0.25, -0.2) is 0 Å². The molecule has 0 spiro atoms. The fraction of sp³-hybridized carbons (Fsp3) is 1.00. The molecule has 0 unspecified atom stereocenters. The number of likely N-dealkylation sites (N-methyl/N-ethyl adjacent to an activating group) is 1. The number of nitrogens with one attached hydrogen (secondary N) is 1.